The predicted molar refractivity (Wildman–Crippen MR) is 75.4 cm³/mol. The number of aryl methyl sites for hydroxylation is 3. The summed E-state index contributed by atoms with van der Waals surface area (Å²) in [6, 6.07) is 4.46. The van der Waals surface area contributed by atoms with E-state index in [9.17, 15) is 4.79 Å². The first kappa shape index (κ1) is 14.7. The van der Waals surface area contributed by atoms with Gasteiger partial charge in [-0.2, -0.15) is 0 Å². The highest BCUT2D eigenvalue weighted by molar-refractivity contribution is 5.75. The van der Waals surface area contributed by atoms with Gasteiger partial charge in [0.05, 0.1) is 0 Å². The van der Waals surface area contributed by atoms with Crippen molar-refractivity contribution in [2.45, 2.75) is 46.5 Å². The molecule has 100 valence electrons. The number of rotatable bonds is 6. The molecule has 0 aliphatic heterocycles. The van der Waals surface area contributed by atoms with E-state index in [1.165, 1.54) is 22.3 Å². The van der Waals surface area contributed by atoms with Gasteiger partial charge in [0.1, 0.15) is 0 Å². The normalized spacial score (nSPS) is 10.4. The molecule has 0 heterocycles. The summed E-state index contributed by atoms with van der Waals surface area (Å²) in [6.45, 7) is 6.47. The van der Waals surface area contributed by atoms with Crippen molar-refractivity contribution in [2.75, 3.05) is 7.05 Å². The van der Waals surface area contributed by atoms with Crippen LogP contribution in [0.5, 0.6) is 0 Å². The van der Waals surface area contributed by atoms with Crippen LogP contribution in [0.3, 0.4) is 0 Å². The number of hydrogen-bond acceptors (Lipinski definition) is 2. The number of hydrogen-bond donors (Lipinski definition) is 2. The summed E-state index contributed by atoms with van der Waals surface area (Å²) in [4.78, 5) is 11.3. The van der Waals surface area contributed by atoms with Crippen molar-refractivity contribution in [3.05, 3.63) is 34.4 Å². The second kappa shape index (κ2) is 7.17. The number of hydrazine groups is 1. The Morgan fingerprint density at radius 1 is 1.11 bits per heavy atom. The molecular weight excluding hydrogens is 224 g/mol. The van der Waals surface area contributed by atoms with Crippen molar-refractivity contribution in [1.82, 2.24) is 10.9 Å². The standard InChI is InChI=1S/C15H24N2O/c1-11-9-12(2)14(13(3)10-11)7-5-6-8-15(18)17-16-4/h9-10,16H,5-8H2,1-4H3,(H,17,18). The summed E-state index contributed by atoms with van der Waals surface area (Å²) in [5.41, 5.74) is 10.7. The molecule has 0 saturated heterocycles. The van der Waals surface area contributed by atoms with Gasteiger partial charge in [-0.25, -0.2) is 5.43 Å². The highest BCUT2D eigenvalue weighted by Crippen LogP contribution is 2.18. The Balaban J connectivity index is 2.42. The van der Waals surface area contributed by atoms with Crippen LogP contribution in [0.4, 0.5) is 0 Å². The van der Waals surface area contributed by atoms with Crippen molar-refractivity contribution >= 4 is 5.91 Å². The van der Waals surface area contributed by atoms with Gasteiger partial charge in [0, 0.05) is 13.5 Å². The molecule has 0 unspecified atom stereocenters. The third-order valence-corrected chi connectivity index (χ3v) is 3.19. The zero-order valence-corrected chi connectivity index (χ0v) is 11.9. The van der Waals surface area contributed by atoms with Gasteiger partial charge in [-0.3, -0.25) is 10.2 Å². The second-order valence-corrected chi connectivity index (χ2v) is 4.88. The number of amides is 1. The molecule has 0 radical (unpaired) electrons. The molecule has 1 rings (SSSR count). The topological polar surface area (TPSA) is 41.1 Å². The lowest BCUT2D eigenvalue weighted by Crippen LogP contribution is -2.33. The van der Waals surface area contributed by atoms with Crippen LogP contribution < -0.4 is 10.9 Å². The monoisotopic (exact) mass is 248 g/mol. The molecule has 1 aromatic carbocycles. The van der Waals surface area contributed by atoms with Gasteiger partial charge >= 0.3 is 0 Å². The third kappa shape index (κ3) is 4.49. The zero-order valence-electron chi connectivity index (χ0n) is 11.9. The second-order valence-electron chi connectivity index (χ2n) is 4.88. The van der Waals surface area contributed by atoms with Gasteiger partial charge in [0.15, 0.2) is 0 Å². The lowest BCUT2D eigenvalue weighted by atomic mass is 9.95. The summed E-state index contributed by atoms with van der Waals surface area (Å²) < 4.78 is 0. The van der Waals surface area contributed by atoms with Gasteiger partial charge < -0.3 is 0 Å². The molecule has 0 aromatic heterocycles. The van der Waals surface area contributed by atoms with Crippen LogP contribution in [0, 0.1) is 20.8 Å². The molecule has 0 spiro atoms. The molecule has 0 aliphatic rings. The Bertz CT molecular complexity index is 390. The molecule has 0 bridgehead atoms. The minimum Gasteiger partial charge on any atom is -0.292 e. The van der Waals surface area contributed by atoms with E-state index < -0.39 is 0 Å². The molecule has 18 heavy (non-hydrogen) atoms. The van der Waals surface area contributed by atoms with Crippen molar-refractivity contribution in [3.8, 4) is 0 Å². The molecule has 3 heteroatoms. The lowest BCUT2D eigenvalue weighted by molar-refractivity contribution is -0.122. The summed E-state index contributed by atoms with van der Waals surface area (Å²) >= 11 is 0. The van der Waals surface area contributed by atoms with Crippen molar-refractivity contribution < 1.29 is 4.79 Å². The van der Waals surface area contributed by atoms with Crippen LogP contribution in [0.2, 0.25) is 0 Å². The smallest absolute Gasteiger partial charge is 0.234 e. The predicted octanol–water partition coefficient (Wildman–Crippen LogP) is 2.58. The Hall–Kier alpha value is -1.35. The van der Waals surface area contributed by atoms with Gasteiger partial charge in [-0.05, 0) is 56.7 Å². The summed E-state index contributed by atoms with van der Waals surface area (Å²) in [6.07, 6.45) is 3.64. The number of nitrogens with one attached hydrogen (secondary N) is 2. The van der Waals surface area contributed by atoms with Crippen molar-refractivity contribution in [3.63, 3.8) is 0 Å². The first-order valence-electron chi connectivity index (χ1n) is 6.57. The lowest BCUT2D eigenvalue weighted by Gasteiger charge is -2.11. The fraction of sp³-hybridized carbons (Fsp3) is 0.533. The summed E-state index contributed by atoms with van der Waals surface area (Å²) in [5, 5.41) is 0. The van der Waals surface area contributed by atoms with E-state index in [0.717, 1.165) is 19.3 Å². The first-order chi connectivity index (χ1) is 8.54. The number of carbonyl (C=O) groups excluding carboxylic acids is 1. The fourth-order valence-electron chi connectivity index (χ4n) is 2.39. The molecule has 0 aliphatic carbocycles. The molecule has 0 atom stereocenters. The SMILES string of the molecule is CNNC(=O)CCCCc1c(C)cc(C)cc1C. The Labute approximate surface area is 110 Å². The minimum atomic E-state index is 0.0647. The van der Waals surface area contributed by atoms with Crippen LogP contribution in [-0.2, 0) is 11.2 Å². The van der Waals surface area contributed by atoms with Crippen molar-refractivity contribution in [1.29, 1.82) is 0 Å². The fourth-order valence-corrected chi connectivity index (χ4v) is 2.39. The van der Waals surface area contributed by atoms with Crippen LogP contribution in [-0.4, -0.2) is 13.0 Å². The average molecular weight is 248 g/mol. The van der Waals surface area contributed by atoms with E-state index in [-0.39, 0.29) is 5.91 Å². The zero-order chi connectivity index (χ0) is 13.5. The van der Waals surface area contributed by atoms with E-state index >= 15 is 0 Å². The van der Waals surface area contributed by atoms with E-state index in [4.69, 9.17) is 0 Å². The van der Waals surface area contributed by atoms with Gasteiger partial charge in [0.2, 0.25) is 5.91 Å². The maximum absolute atomic E-state index is 11.3. The van der Waals surface area contributed by atoms with E-state index in [2.05, 4.69) is 43.8 Å². The Morgan fingerprint density at radius 3 is 2.28 bits per heavy atom. The summed E-state index contributed by atoms with van der Waals surface area (Å²) in [7, 11) is 1.71. The quantitative estimate of drug-likeness (QED) is 0.600. The van der Waals surface area contributed by atoms with E-state index in [0.29, 0.717) is 6.42 Å². The molecule has 1 amide bonds. The Kier molecular flexibility index (Phi) is 5.86. The maximum Gasteiger partial charge on any atom is 0.234 e. The molecule has 1 aromatic rings. The number of benzene rings is 1. The number of carbonyl (C=O) groups is 1. The van der Waals surface area contributed by atoms with Crippen LogP contribution >= 0.6 is 0 Å². The Morgan fingerprint density at radius 2 is 1.72 bits per heavy atom. The largest absolute Gasteiger partial charge is 0.292 e. The molecule has 0 fully saturated rings. The minimum absolute atomic E-state index is 0.0647. The van der Waals surface area contributed by atoms with Gasteiger partial charge in [-0.1, -0.05) is 17.7 Å². The van der Waals surface area contributed by atoms with E-state index in [1.54, 1.807) is 7.05 Å². The maximum atomic E-state index is 11.3. The number of unbranched alkanes of at least 4 members (excludes halogenated alkanes) is 1. The first-order valence-corrected chi connectivity index (χ1v) is 6.57. The molecule has 3 nitrogen and oxygen atoms in total. The van der Waals surface area contributed by atoms with Crippen LogP contribution in [0.15, 0.2) is 12.1 Å². The van der Waals surface area contributed by atoms with Gasteiger partial charge in [0.25, 0.3) is 0 Å². The molecular formula is C15H24N2O. The molecule has 0 saturated carbocycles. The average Bonchev–Trinajstić information content (AvgIpc) is 2.27. The van der Waals surface area contributed by atoms with Crippen molar-refractivity contribution in [2.24, 2.45) is 0 Å². The highest BCUT2D eigenvalue weighted by atomic mass is 16.2. The van der Waals surface area contributed by atoms with Crippen LogP contribution in [0.1, 0.15) is 41.5 Å². The third-order valence-electron chi connectivity index (χ3n) is 3.19. The van der Waals surface area contributed by atoms with E-state index in [1.807, 2.05) is 0 Å². The van der Waals surface area contributed by atoms with Crippen LogP contribution in [0.25, 0.3) is 0 Å². The van der Waals surface area contributed by atoms with Gasteiger partial charge in [-0.15, -0.1) is 0 Å². The molecule has 2 N–H and O–H groups in total. The highest BCUT2D eigenvalue weighted by Gasteiger charge is 2.05. The summed E-state index contributed by atoms with van der Waals surface area (Å²) in [5.74, 6) is 0.0647.